The second-order valence-electron chi connectivity index (χ2n) is 8.55. The summed E-state index contributed by atoms with van der Waals surface area (Å²) in [5.74, 6) is 0.244. The van der Waals surface area contributed by atoms with Crippen molar-refractivity contribution in [2.24, 2.45) is 0 Å². The van der Waals surface area contributed by atoms with Crippen molar-refractivity contribution in [2.45, 2.75) is 69.7 Å². The molecule has 1 amide bonds. The van der Waals surface area contributed by atoms with Gasteiger partial charge in [0.2, 0.25) is 15.9 Å². The fourth-order valence-corrected chi connectivity index (χ4v) is 5.76. The zero-order chi connectivity index (χ0) is 21.9. The third kappa shape index (κ3) is 4.60. The van der Waals surface area contributed by atoms with Gasteiger partial charge in [-0.15, -0.1) is 0 Å². The first-order valence-electron chi connectivity index (χ1n) is 10.7. The van der Waals surface area contributed by atoms with E-state index >= 15 is 0 Å². The van der Waals surface area contributed by atoms with Crippen molar-refractivity contribution in [3.63, 3.8) is 0 Å². The number of para-hydroxylation sites is 1. The number of anilines is 1. The van der Waals surface area contributed by atoms with E-state index in [0.717, 1.165) is 29.7 Å². The number of benzene rings is 2. The predicted molar refractivity (Wildman–Crippen MR) is 121 cm³/mol. The SMILES string of the molecule is CC(C)c1cccc(C(C)C)c1NC(=O)[C@H]1CCCCN1S(=O)(=O)c1ccccc1. The van der Waals surface area contributed by atoms with Crippen molar-refractivity contribution < 1.29 is 13.2 Å². The molecule has 162 valence electrons. The van der Waals surface area contributed by atoms with Crippen molar-refractivity contribution in [3.05, 3.63) is 59.7 Å². The number of carbonyl (C=O) groups excluding carboxylic acids is 1. The molecule has 1 aliphatic heterocycles. The van der Waals surface area contributed by atoms with Gasteiger partial charge < -0.3 is 5.32 Å². The van der Waals surface area contributed by atoms with Crippen LogP contribution in [0.4, 0.5) is 5.69 Å². The largest absolute Gasteiger partial charge is 0.324 e. The highest BCUT2D eigenvalue weighted by Crippen LogP contribution is 2.33. The Morgan fingerprint density at radius 2 is 1.53 bits per heavy atom. The summed E-state index contributed by atoms with van der Waals surface area (Å²) in [6.45, 7) is 8.76. The van der Waals surface area contributed by atoms with Gasteiger partial charge in [0, 0.05) is 12.2 Å². The third-order valence-corrected chi connectivity index (χ3v) is 7.65. The van der Waals surface area contributed by atoms with Crippen molar-refractivity contribution >= 4 is 21.6 Å². The van der Waals surface area contributed by atoms with E-state index in [9.17, 15) is 13.2 Å². The summed E-state index contributed by atoms with van der Waals surface area (Å²) in [5.41, 5.74) is 2.97. The molecule has 1 atom stereocenters. The van der Waals surface area contributed by atoms with Crippen LogP contribution in [-0.4, -0.2) is 31.2 Å². The van der Waals surface area contributed by atoms with E-state index in [0.29, 0.717) is 13.0 Å². The molecule has 2 aromatic carbocycles. The van der Waals surface area contributed by atoms with Crippen LogP contribution in [0.5, 0.6) is 0 Å². The van der Waals surface area contributed by atoms with E-state index in [1.807, 2.05) is 18.2 Å². The predicted octanol–water partition coefficient (Wildman–Crippen LogP) is 5.12. The van der Waals surface area contributed by atoms with Crippen LogP contribution in [-0.2, 0) is 14.8 Å². The summed E-state index contributed by atoms with van der Waals surface area (Å²) in [7, 11) is -3.73. The molecule has 0 unspecified atom stereocenters. The average molecular weight is 429 g/mol. The van der Waals surface area contributed by atoms with Crippen LogP contribution in [0.3, 0.4) is 0 Å². The van der Waals surface area contributed by atoms with Crippen LogP contribution in [0.15, 0.2) is 53.4 Å². The Balaban J connectivity index is 1.95. The molecule has 0 aromatic heterocycles. The molecule has 1 aliphatic rings. The van der Waals surface area contributed by atoms with Gasteiger partial charge in [0.1, 0.15) is 6.04 Å². The maximum atomic E-state index is 13.4. The number of nitrogens with one attached hydrogen (secondary N) is 1. The van der Waals surface area contributed by atoms with E-state index in [1.165, 1.54) is 4.31 Å². The molecule has 1 N–H and O–H groups in total. The normalized spacial score (nSPS) is 18.0. The second kappa shape index (κ2) is 9.31. The Bertz CT molecular complexity index is 959. The lowest BCUT2D eigenvalue weighted by Gasteiger charge is -2.34. The van der Waals surface area contributed by atoms with E-state index in [4.69, 9.17) is 0 Å². The van der Waals surface area contributed by atoms with Gasteiger partial charge in [0.15, 0.2) is 0 Å². The summed E-state index contributed by atoms with van der Waals surface area (Å²) in [6.07, 6.45) is 2.12. The fourth-order valence-electron chi connectivity index (χ4n) is 4.08. The summed E-state index contributed by atoms with van der Waals surface area (Å²) in [4.78, 5) is 13.6. The summed E-state index contributed by atoms with van der Waals surface area (Å²) >= 11 is 0. The minimum Gasteiger partial charge on any atom is -0.324 e. The van der Waals surface area contributed by atoms with Crippen molar-refractivity contribution in [1.82, 2.24) is 4.31 Å². The van der Waals surface area contributed by atoms with Crippen LogP contribution in [0.25, 0.3) is 0 Å². The Kier molecular flexibility index (Phi) is 6.98. The molecular formula is C24H32N2O3S. The molecule has 2 aromatic rings. The first-order chi connectivity index (χ1) is 14.2. The van der Waals surface area contributed by atoms with Gasteiger partial charge in [0.05, 0.1) is 4.90 Å². The average Bonchev–Trinajstić information content (AvgIpc) is 2.74. The lowest BCUT2D eigenvalue weighted by molar-refractivity contribution is -0.120. The smallest absolute Gasteiger partial charge is 0.243 e. The highest BCUT2D eigenvalue weighted by molar-refractivity contribution is 7.89. The number of carbonyl (C=O) groups is 1. The van der Waals surface area contributed by atoms with Gasteiger partial charge in [-0.3, -0.25) is 4.79 Å². The van der Waals surface area contributed by atoms with Crippen molar-refractivity contribution in [2.75, 3.05) is 11.9 Å². The number of sulfonamides is 1. The monoisotopic (exact) mass is 428 g/mol. The quantitative estimate of drug-likeness (QED) is 0.695. The highest BCUT2D eigenvalue weighted by Gasteiger charge is 2.38. The Labute approximate surface area is 180 Å². The molecule has 30 heavy (non-hydrogen) atoms. The lowest BCUT2D eigenvalue weighted by atomic mass is 9.92. The molecule has 1 saturated heterocycles. The number of rotatable bonds is 6. The molecule has 0 aliphatic carbocycles. The van der Waals surface area contributed by atoms with E-state index in [-0.39, 0.29) is 22.6 Å². The molecule has 0 spiro atoms. The Morgan fingerprint density at radius 3 is 2.10 bits per heavy atom. The maximum absolute atomic E-state index is 13.4. The lowest BCUT2D eigenvalue weighted by Crippen LogP contribution is -2.50. The Hall–Kier alpha value is -2.18. The van der Waals surface area contributed by atoms with Gasteiger partial charge in [-0.1, -0.05) is 70.5 Å². The van der Waals surface area contributed by atoms with E-state index in [2.05, 4.69) is 33.0 Å². The zero-order valence-electron chi connectivity index (χ0n) is 18.3. The standard InChI is InChI=1S/C24H32N2O3S/c1-17(2)20-13-10-14-21(18(3)4)23(20)25-24(27)22-15-8-9-16-26(22)30(28,29)19-11-6-5-7-12-19/h5-7,10-14,17-18,22H,8-9,15-16H2,1-4H3,(H,25,27)/t22-/m1/s1. The van der Waals surface area contributed by atoms with Gasteiger partial charge in [-0.2, -0.15) is 4.31 Å². The van der Waals surface area contributed by atoms with E-state index < -0.39 is 16.1 Å². The highest BCUT2D eigenvalue weighted by atomic mass is 32.2. The minimum atomic E-state index is -3.73. The van der Waals surface area contributed by atoms with Gasteiger partial charge in [-0.25, -0.2) is 8.42 Å². The zero-order valence-corrected chi connectivity index (χ0v) is 19.1. The molecule has 0 saturated carbocycles. The van der Waals surface area contributed by atoms with Gasteiger partial charge in [-0.05, 0) is 47.9 Å². The first-order valence-corrected chi connectivity index (χ1v) is 12.2. The molecule has 0 radical (unpaired) electrons. The van der Waals surface area contributed by atoms with Crippen LogP contribution < -0.4 is 5.32 Å². The maximum Gasteiger partial charge on any atom is 0.243 e. The summed E-state index contributed by atoms with van der Waals surface area (Å²) < 4.78 is 27.9. The van der Waals surface area contributed by atoms with Crippen LogP contribution in [0.2, 0.25) is 0 Å². The first kappa shape index (κ1) is 22.5. The van der Waals surface area contributed by atoms with E-state index in [1.54, 1.807) is 30.3 Å². The van der Waals surface area contributed by atoms with Crippen molar-refractivity contribution in [1.29, 1.82) is 0 Å². The number of hydrogen-bond acceptors (Lipinski definition) is 3. The number of nitrogens with zero attached hydrogens (tertiary/aromatic N) is 1. The molecular weight excluding hydrogens is 396 g/mol. The molecule has 1 fully saturated rings. The molecule has 1 heterocycles. The second-order valence-corrected chi connectivity index (χ2v) is 10.4. The van der Waals surface area contributed by atoms with Gasteiger partial charge >= 0.3 is 0 Å². The van der Waals surface area contributed by atoms with Crippen LogP contribution in [0.1, 0.15) is 69.9 Å². The fraction of sp³-hybridized carbons (Fsp3) is 0.458. The molecule has 0 bridgehead atoms. The molecule has 3 rings (SSSR count). The van der Waals surface area contributed by atoms with Crippen molar-refractivity contribution in [3.8, 4) is 0 Å². The van der Waals surface area contributed by atoms with Crippen LogP contribution >= 0.6 is 0 Å². The molecule has 5 nitrogen and oxygen atoms in total. The number of amides is 1. The number of hydrogen-bond donors (Lipinski definition) is 1. The molecule has 6 heteroatoms. The number of piperidine rings is 1. The third-order valence-electron chi connectivity index (χ3n) is 5.73. The summed E-state index contributed by atoms with van der Waals surface area (Å²) in [6, 6.07) is 13.8. The Morgan fingerprint density at radius 1 is 0.933 bits per heavy atom. The summed E-state index contributed by atoms with van der Waals surface area (Å²) in [5, 5.41) is 3.12. The van der Waals surface area contributed by atoms with Gasteiger partial charge in [0.25, 0.3) is 0 Å². The van der Waals surface area contributed by atoms with Crippen LogP contribution in [0, 0.1) is 0 Å². The topological polar surface area (TPSA) is 66.5 Å². The minimum absolute atomic E-state index is 0.232.